The molecule has 0 amide bonds. The summed E-state index contributed by atoms with van der Waals surface area (Å²) in [5, 5.41) is 13.3. The maximum absolute atomic E-state index is 7.27. The molecule has 0 unspecified atom stereocenters. The van der Waals surface area contributed by atoms with Crippen LogP contribution in [0.1, 0.15) is 0 Å². The Balaban J connectivity index is 1.11. The van der Waals surface area contributed by atoms with E-state index in [0.29, 0.717) is 23.1 Å². The molecule has 0 radical (unpaired) electrons. The normalized spacial score (nSPS) is 12.2. The van der Waals surface area contributed by atoms with Crippen molar-refractivity contribution in [3.8, 4) is 39.9 Å². The molecule has 0 spiro atoms. The van der Waals surface area contributed by atoms with Gasteiger partial charge in [-0.15, -0.1) is 11.3 Å². The van der Waals surface area contributed by atoms with E-state index < -0.39 is 0 Å². The lowest BCUT2D eigenvalue weighted by Gasteiger charge is -2.15. The van der Waals surface area contributed by atoms with Crippen LogP contribution in [-0.2, 0) is 0 Å². The monoisotopic (exact) mass is 860 g/mol. The Labute approximate surface area is 379 Å². The molecule has 0 saturated heterocycles. The Hall–Kier alpha value is -8.65. The molecule has 0 N–H and O–H groups in total. The van der Waals surface area contributed by atoms with Gasteiger partial charge in [0.15, 0.2) is 17.5 Å². The van der Waals surface area contributed by atoms with E-state index in [0.717, 1.165) is 103 Å². The second kappa shape index (κ2) is 13.4. The Morgan fingerprint density at radius 2 is 0.985 bits per heavy atom. The Bertz CT molecular complexity index is 4420. The van der Waals surface area contributed by atoms with Gasteiger partial charge in [0.1, 0.15) is 22.3 Å². The Morgan fingerprint density at radius 3 is 1.86 bits per heavy atom. The van der Waals surface area contributed by atoms with Gasteiger partial charge in [-0.1, -0.05) is 133 Å². The van der Waals surface area contributed by atoms with E-state index in [-0.39, 0.29) is 0 Å². The maximum atomic E-state index is 7.27. The minimum atomic E-state index is 0.497. The lowest BCUT2D eigenvalue weighted by Crippen LogP contribution is -2.04. The molecule has 0 aliphatic carbocycles. The molecule has 306 valence electrons. The highest BCUT2D eigenvalue weighted by molar-refractivity contribution is 7.26. The molecule has 5 heterocycles. The minimum Gasteiger partial charge on any atom is -0.455 e. The first-order chi connectivity index (χ1) is 32.7. The van der Waals surface area contributed by atoms with E-state index in [9.17, 15) is 0 Å². The topological polar surface area (TPSA) is 69.9 Å². The van der Waals surface area contributed by atoms with Crippen LogP contribution in [0.3, 0.4) is 0 Å². The van der Waals surface area contributed by atoms with E-state index in [2.05, 4.69) is 180 Å². The van der Waals surface area contributed by atoms with Gasteiger partial charge in [-0.25, -0.2) is 15.0 Å². The fraction of sp³-hybridized carbons (Fsp3) is 0. The molecular formula is C59H32N4O2S. The lowest BCUT2D eigenvalue weighted by molar-refractivity contribution is 0.669. The molecule has 6 nitrogen and oxygen atoms in total. The summed E-state index contributed by atoms with van der Waals surface area (Å²) in [7, 11) is 0. The third kappa shape index (κ3) is 5.03. The first-order valence-electron chi connectivity index (χ1n) is 22.1. The van der Waals surface area contributed by atoms with E-state index in [4.69, 9.17) is 23.8 Å². The van der Waals surface area contributed by atoms with E-state index in [1.165, 1.54) is 20.9 Å². The second-order valence-electron chi connectivity index (χ2n) is 17.0. The molecule has 0 bridgehead atoms. The van der Waals surface area contributed by atoms with Crippen molar-refractivity contribution in [2.24, 2.45) is 0 Å². The number of furan rings is 2. The summed E-state index contributed by atoms with van der Waals surface area (Å²) in [4.78, 5) is 16.6. The van der Waals surface area contributed by atoms with Gasteiger partial charge >= 0.3 is 0 Å². The van der Waals surface area contributed by atoms with Crippen molar-refractivity contribution in [3.63, 3.8) is 0 Å². The van der Waals surface area contributed by atoms with Gasteiger partial charge in [0, 0.05) is 63.4 Å². The van der Waals surface area contributed by atoms with Gasteiger partial charge in [0.25, 0.3) is 0 Å². The molecule has 15 aromatic rings. The average molecular weight is 861 g/mol. The van der Waals surface area contributed by atoms with Gasteiger partial charge in [-0.2, -0.15) is 0 Å². The highest BCUT2D eigenvalue weighted by atomic mass is 32.1. The predicted octanol–water partition coefficient (Wildman–Crippen LogP) is 16.4. The van der Waals surface area contributed by atoms with Crippen LogP contribution in [0, 0.1) is 0 Å². The zero-order valence-corrected chi connectivity index (χ0v) is 35.8. The van der Waals surface area contributed by atoms with Crippen LogP contribution in [0.2, 0.25) is 0 Å². The predicted molar refractivity (Wildman–Crippen MR) is 273 cm³/mol. The molecule has 0 atom stereocenters. The Morgan fingerprint density at radius 1 is 0.364 bits per heavy atom. The highest BCUT2D eigenvalue weighted by Crippen LogP contribution is 2.46. The van der Waals surface area contributed by atoms with Crippen molar-refractivity contribution in [1.29, 1.82) is 0 Å². The summed E-state index contributed by atoms with van der Waals surface area (Å²) in [6, 6.07) is 68.4. The van der Waals surface area contributed by atoms with Crippen LogP contribution in [-0.4, -0.2) is 19.5 Å². The van der Waals surface area contributed by atoms with Crippen molar-refractivity contribution in [3.05, 3.63) is 194 Å². The third-order valence-corrected chi connectivity index (χ3v) is 14.7. The zero-order valence-electron chi connectivity index (χ0n) is 35.0. The minimum absolute atomic E-state index is 0.497. The first kappa shape index (κ1) is 35.8. The van der Waals surface area contributed by atoms with E-state index >= 15 is 0 Å². The fourth-order valence-corrected chi connectivity index (χ4v) is 11.7. The summed E-state index contributed by atoms with van der Waals surface area (Å²) in [6.45, 7) is 0. The van der Waals surface area contributed by atoms with E-state index in [1.807, 2.05) is 18.2 Å². The van der Waals surface area contributed by atoms with Gasteiger partial charge in [0.2, 0.25) is 0 Å². The molecule has 0 aliphatic rings. The summed E-state index contributed by atoms with van der Waals surface area (Å²) >= 11 is 1.76. The highest BCUT2D eigenvalue weighted by Gasteiger charge is 2.27. The SMILES string of the molecule is c1ccc2cc3c(cc2c1)c1ccccc1n3-c1ccc2c(oc3c4ccccc4ccc23)c1-c1nc(-c2cccc3c2oc2ccccc23)nc(-c2cccc3c2sc2ccccc23)n1. The number of aromatic nitrogens is 4. The number of benzene rings is 10. The number of rotatable bonds is 4. The van der Waals surface area contributed by atoms with Crippen molar-refractivity contribution in [2.45, 2.75) is 0 Å². The number of hydrogen-bond donors (Lipinski definition) is 0. The molecule has 10 aromatic carbocycles. The second-order valence-corrected chi connectivity index (χ2v) is 18.1. The summed E-state index contributed by atoms with van der Waals surface area (Å²) in [5.41, 5.74) is 8.60. The molecule has 66 heavy (non-hydrogen) atoms. The maximum Gasteiger partial charge on any atom is 0.170 e. The smallest absolute Gasteiger partial charge is 0.170 e. The van der Waals surface area contributed by atoms with Crippen LogP contribution in [0.5, 0.6) is 0 Å². The standard InChI is InChI=1S/C59H32N4O2S/c1-2-15-35-32-49-46(31-34(35)14-1)37-17-5-8-24-47(37)63(49)48-30-29-42-41-28-27-33-13-3-4-16-36(33)53(41)65-55(42)52(48)59-61-57(44-22-11-20-40-38-18-6-9-25-50(38)64-54(40)44)60-58(62-59)45-23-12-21-43-39-19-7-10-26-51(39)66-56(43)45/h1-32H. The molecule has 0 saturated carbocycles. The number of fused-ring (bicyclic) bond motifs is 15. The number of nitrogens with zero attached hydrogens (tertiary/aromatic N) is 4. The largest absolute Gasteiger partial charge is 0.455 e. The number of hydrogen-bond acceptors (Lipinski definition) is 6. The summed E-state index contributed by atoms with van der Waals surface area (Å²) in [6.07, 6.45) is 0. The van der Waals surface area contributed by atoms with Gasteiger partial charge in [-0.05, 0) is 76.8 Å². The van der Waals surface area contributed by atoms with Gasteiger partial charge in [-0.3, -0.25) is 0 Å². The van der Waals surface area contributed by atoms with Crippen LogP contribution in [0.4, 0.5) is 0 Å². The van der Waals surface area contributed by atoms with Gasteiger partial charge in [0.05, 0.1) is 27.8 Å². The zero-order chi connectivity index (χ0) is 43.0. The van der Waals surface area contributed by atoms with Crippen LogP contribution in [0.25, 0.3) is 147 Å². The van der Waals surface area contributed by atoms with Crippen molar-refractivity contribution >= 4 is 119 Å². The molecule has 0 aliphatic heterocycles. The van der Waals surface area contributed by atoms with Crippen molar-refractivity contribution < 1.29 is 8.83 Å². The number of thiophene rings is 1. The van der Waals surface area contributed by atoms with Crippen LogP contribution in [0.15, 0.2) is 203 Å². The molecule has 15 rings (SSSR count). The average Bonchev–Trinajstić information content (AvgIpc) is 4.14. The number of para-hydroxylation sites is 3. The van der Waals surface area contributed by atoms with Crippen molar-refractivity contribution in [1.82, 2.24) is 19.5 Å². The van der Waals surface area contributed by atoms with Crippen LogP contribution < -0.4 is 0 Å². The van der Waals surface area contributed by atoms with Crippen LogP contribution >= 0.6 is 11.3 Å². The molecule has 5 aromatic heterocycles. The first-order valence-corrected chi connectivity index (χ1v) is 22.9. The summed E-state index contributed by atoms with van der Waals surface area (Å²) in [5.74, 6) is 1.57. The third-order valence-electron chi connectivity index (χ3n) is 13.4. The quantitative estimate of drug-likeness (QED) is 0.176. The lowest BCUT2D eigenvalue weighted by atomic mass is 10.0. The molecule has 7 heteroatoms. The molecular weight excluding hydrogens is 829 g/mol. The summed E-state index contributed by atoms with van der Waals surface area (Å²) < 4.78 is 18.6. The molecule has 0 fully saturated rings. The Kier molecular flexibility index (Phi) is 7.28. The van der Waals surface area contributed by atoms with Crippen molar-refractivity contribution in [2.75, 3.05) is 0 Å². The van der Waals surface area contributed by atoms with Gasteiger partial charge < -0.3 is 13.4 Å². The van der Waals surface area contributed by atoms with E-state index in [1.54, 1.807) is 11.3 Å². The fourth-order valence-electron chi connectivity index (χ4n) is 10.4.